The first-order valence-electron chi connectivity index (χ1n) is 7.51. The second-order valence-electron chi connectivity index (χ2n) is 6.90. The minimum absolute atomic E-state index is 0.758. The summed E-state index contributed by atoms with van der Waals surface area (Å²) < 4.78 is 11.0. The average molecular weight is 248 g/mol. The van der Waals surface area contributed by atoms with Crippen LogP contribution in [0.3, 0.4) is 0 Å². The minimum atomic E-state index is 0.758. The van der Waals surface area contributed by atoms with Crippen molar-refractivity contribution < 1.29 is 9.47 Å². The van der Waals surface area contributed by atoms with E-state index in [1.807, 2.05) is 14.2 Å². The van der Waals surface area contributed by atoms with Gasteiger partial charge < -0.3 is 9.47 Å². The lowest BCUT2D eigenvalue weighted by molar-refractivity contribution is -0.00445. The van der Waals surface area contributed by atoms with Crippen LogP contribution in [-0.4, -0.2) is 27.4 Å². The highest BCUT2D eigenvalue weighted by atomic mass is 16.5. The second-order valence-corrected chi connectivity index (χ2v) is 6.90. The fourth-order valence-electron chi connectivity index (χ4n) is 6.17. The highest BCUT2D eigenvalue weighted by Gasteiger charge is 2.64. The predicted molar refractivity (Wildman–Crippen MR) is 70.0 cm³/mol. The molecule has 8 unspecified atom stereocenters. The van der Waals surface area contributed by atoms with Crippen molar-refractivity contribution in [3.8, 4) is 0 Å². The summed E-state index contributed by atoms with van der Waals surface area (Å²) in [5.74, 6) is 7.12. The summed E-state index contributed by atoms with van der Waals surface area (Å²) >= 11 is 0. The summed E-state index contributed by atoms with van der Waals surface area (Å²) in [5.41, 5.74) is 0. The fourth-order valence-corrected chi connectivity index (χ4v) is 6.17. The predicted octanol–water partition coefficient (Wildman–Crippen LogP) is 2.60. The Bertz CT molecular complexity index is 332. The van der Waals surface area contributed by atoms with Crippen molar-refractivity contribution in [3.63, 3.8) is 0 Å². The molecule has 0 aromatic heterocycles. The van der Waals surface area contributed by atoms with E-state index >= 15 is 0 Å². The Morgan fingerprint density at radius 2 is 1.33 bits per heavy atom. The van der Waals surface area contributed by atoms with Gasteiger partial charge >= 0.3 is 0 Å². The number of ether oxygens (including phenoxy) is 2. The molecule has 3 fully saturated rings. The highest BCUT2D eigenvalue weighted by molar-refractivity contribution is 5.21. The van der Waals surface area contributed by atoms with Crippen LogP contribution in [0.2, 0.25) is 0 Å². The van der Waals surface area contributed by atoms with E-state index in [1.54, 1.807) is 0 Å². The molecule has 0 heterocycles. The van der Waals surface area contributed by atoms with Crippen LogP contribution >= 0.6 is 0 Å². The van der Waals surface area contributed by atoms with Gasteiger partial charge in [0.2, 0.25) is 0 Å². The largest absolute Gasteiger partial charge is 0.384 e. The number of hydrogen-bond acceptors (Lipinski definition) is 2. The van der Waals surface area contributed by atoms with Crippen LogP contribution in [0.1, 0.15) is 12.8 Å². The van der Waals surface area contributed by atoms with Crippen molar-refractivity contribution >= 4 is 0 Å². The molecule has 0 radical (unpaired) electrons. The average Bonchev–Trinajstić information content (AvgIpc) is 3.07. The van der Waals surface area contributed by atoms with Crippen LogP contribution < -0.4 is 0 Å². The topological polar surface area (TPSA) is 18.5 Å². The molecule has 0 saturated heterocycles. The molecule has 4 rings (SSSR count). The van der Waals surface area contributed by atoms with Gasteiger partial charge in [-0.1, -0.05) is 12.2 Å². The molecule has 8 atom stereocenters. The Labute approximate surface area is 110 Å². The van der Waals surface area contributed by atoms with Gasteiger partial charge in [0.05, 0.1) is 0 Å². The zero-order chi connectivity index (χ0) is 12.3. The molecule has 0 spiro atoms. The van der Waals surface area contributed by atoms with Crippen LogP contribution in [0.15, 0.2) is 12.2 Å². The summed E-state index contributed by atoms with van der Waals surface area (Å²) in [6, 6.07) is 0. The highest BCUT2D eigenvalue weighted by Crippen LogP contribution is 2.68. The standard InChI is InChI=1S/C16H24O2/c1-17-7-13-11-6-12(14(13)8-18-2)16-10-4-3-9(5-10)15(11)16/h3-4,9-16H,5-8H2,1-2H3. The van der Waals surface area contributed by atoms with Crippen LogP contribution in [0.5, 0.6) is 0 Å². The Balaban J connectivity index is 1.63. The summed E-state index contributed by atoms with van der Waals surface area (Å²) in [6.45, 7) is 1.89. The molecule has 18 heavy (non-hydrogen) atoms. The van der Waals surface area contributed by atoms with Crippen LogP contribution in [-0.2, 0) is 9.47 Å². The molecule has 0 amide bonds. The fraction of sp³-hybridized carbons (Fsp3) is 0.875. The Morgan fingerprint density at radius 3 is 1.78 bits per heavy atom. The van der Waals surface area contributed by atoms with Crippen LogP contribution in [0.4, 0.5) is 0 Å². The summed E-state index contributed by atoms with van der Waals surface area (Å²) in [6.07, 6.45) is 7.93. The van der Waals surface area contributed by atoms with Crippen molar-refractivity contribution in [2.45, 2.75) is 12.8 Å². The molecule has 0 aliphatic heterocycles. The van der Waals surface area contributed by atoms with Gasteiger partial charge in [-0.3, -0.25) is 0 Å². The van der Waals surface area contributed by atoms with E-state index in [9.17, 15) is 0 Å². The zero-order valence-corrected chi connectivity index (χ0v) is 11.4. The molecule has 0 aromatic carbocycles. The van der Waals surface area contributed by atoms with E-state index in [0.29, 0.717) is 0 Å². The maximum Gasteiger partial charge on any atom is 0.0496 e. The van der Waals surface area contributed by atoms with E-state index in [0.717, 1.165) is 60.6 Å². The van der Waals surface area contributed by atoms with Gasteiger partial charge in [0.25, 0.3) is 0 Å². The SMILES string of the molecule is COCC1C(COC)C2CC1C1C3C=CC(C3)C21. The number of rotatable bonds is 4. The van der Waals surface area contributed by atoms with Gasteiger partial charge in [0, 0.05) is 27.4 Å². The summed E-state index contributed by atoms with van der Waals surface area (Å²) in [7, 11) is 3.71. The quantitative estimate of drug-likeness (QED) is 0.562. The number of fused-ring (bicyclic) bond motifs is 9. The Kier molecular flexibility index (Phi) is 2.60. The third-order valence-corrected chi connectivity index (χ3v) is 6.48. The minimum Gasteiger partial charge on any atom is -0.384 e. The molecule has 0 aromatic rings. The summed E-state index contributed by atoms with van der Waals surface area (Å²) in [4.78, 5) is 0. The van der Waals surface area contributed by atoms with Gasteiger partial charge in [-0.2, -0.15) is 0 Å². The Hall–Kier alpha value is -0.340. The van der Waals surface area contributed by atoms with E-state index in [1.165, 1.54) is 12.8 Å². The Morgan fingerprint density at radius 1 is 0.833 bits per heavy atom. The van der Waals surface area contributed by atoms with Gasteiger partial charge in [-0.25, -0.2) is 0 Å². The van der Waals surface area contributed by atoms with Gasteiger partial charge in [0.15, 0.2) is 0 Å². The smallest absolute Gasteiger partial charge is 0.0496 e. The van der Waals surface area contributed by atoms with Crippen molar-refractivity contribution in [1.82, 2.24) is 0 Å². The van der Waals surface area contributed by atoms with Gasteiger partial charge in [0.1, 0.15) is 0 Å². The van der Waals surface area contributed by atoms with E-state index in [2.05, 4.69) is 12.2 Å². The van der Waals surface area contributed by atoms with Crippen molar-refractivity contribution in [2.24, 2.45) is 47.3 Å². The lowest BCUT2D eigenvalue weighted by Gasteiger charge is -2.41. The molecule has 2 nitrogen and oxygen atoms in total. The van der Waals surface area contributed by atoms with Crippen molar-refractivity contribution in [1.29, 1.82) is 0 Å². The van der Waals surface area contributed by atoms with E-state index < -0.39 is 0 Å². The monoisotopic (exact) mass is 248 g/mol. The lowest BCUT2D eigenvalue weighted by atomic mass is 9.65. The first kappa shape index (κ1) is 11.5. The number of allylic oxidation sites excluding steroid dienone is 2. The molecule has 4 bridgehead atoms. The van der Waals surface area contributed by atoms with Crippen molar-refractivity contribution in [2.75, 3.05) is 27.4 Å². The molecular weight excluding hydrogens is 224 g/mol. The van der Waals surface area contributed by atoms with Crippen LogP contribution in [0, 0.1) is 47.3 Å². The molecular formula is C16H24O2. The van der Waals surface area contributed by atoms with Gasteiger partial charge in [-0.05, 0) is 60.2 Å². The van der Waals surface area contributed by atoms with Gasteiger partial charge in [-0.15, -0.1) is 0 Å². The maximum atomic E-state index is 5.51. The van der Waals surface area contributed by atoms with E-state index in [4.69, 9.17) is 9.47 Å². The van der Waals surface area contributed by atoms with E-state index in [-0.39, 0.29) is 0 Å². The number of methoxy groups -OCH3 is 2. The third-order valence-electron chi connectivity index (χ3n) is 6.48. The molecule has 2 heteroatoms. The van der Waals surface area contributed by atoms with Crippen molar-refractivity contribution in [3.05, 3.63) is 12.2 Å². The maximum absolute atomic E-state index is 5.51. The molecule has 3 saturated carbocycles. The molecule has 4 aliphatic rings. The molecule has 100 valence electrons. The normalized spacial score (nSPS) is 55.4. The number of hydrogen-bond donors (Lipinski definition) is 0. The zero-order valence-electron chi connectivity index (χ0n) is 11.4. The molecule has 4 aliphatic carbocycles. The third kappa shape index (κ3) is 1.31. The first-order valence-corrected chi connectivity index (χ1v) is 7.51. The molecule has 0 N–H and O–H groups in total. The summed E-state index contributed by atoms with van der Waals surface area (Å²) in [5, 5.41) is 0. The lowest BCUT2D eigenvalue weighted by Crippen LogP contribution is -2.40. The van der Waals surface area contributed by atoms with Crippen LogP contribution in [0.25, 0.3) is 0 Å². The second kappa shape index (κ2) is 4.08. The first-order chi connectivity index (χ1) is 8.85.